The largest absolute Gasteiger partial charge is 0.508 e. The number of primary amides is 1. The van der Waals surface area contributed by atoms with Crippen molar-refractivity contribution in [2.75, 3.05) is 5.75 Å². The van der Waals surface area contributed by atoms with Crippen LogP contribution in [0.1, 0.15) is 32.3 Å². The molecule has 0 saturated carbocycles. The van der Waals surface area contributed by atoms with Crippen molar-refractivity contribution in [1.82, 2.24) is 16.0 Å². The number of carboxylic acids is 1. The minimum atomic E-state index is -1.29. The van der Waals surface area contributed by atoms with Crippen molar-refractivity contribution in [2.24, 2.45) is 17.4 Å². The number of aromatic hydroxyl groups is 1. The van der Waals surface area contributed by atoms with Crippen LogP contribution >= 0.6 is 12.6 Å². The number of carbonyl (C=O) groups is 5. The van der Waals surface area contributed by atoms with Crippen LogP contribution in [0.4, 0.5) is 0 Å². The molecule has 0 radical (unpaired) electrons. The Balaban J connectivity index is 3.05. The summed E-state index contributed by atoms with van der Waals surface area (Å²) in [5.41, 5.74) is 11.3. The van der Waals surface area contributed by atoms with Gasteiger partial charge in [0.05, 0.1) is 12.5 Å². The van der Waals surface area contributed by atoms with Crippen LogP contribution < -0.4 is 27.4 Å². The zero-order chi connectivity index (χ0) is 26.7. The highest BCUT2D eigenvalue weighted by Crippen LogP contribution is 2.12. The van der Waals surface area contributed by atoms with Gasteiger partial charge in [-0.3, -0.25) is 19.2 Å². The summed E-state index contributed by atoms with van der Waals surface area (Å²) in [6, 6.07) is 1.01. The van der Waals surface area contributed by atoms with E-state index >= 15 is 0 Å². The predicted molar refractivity (Wildman–Crippen MR) is 130 cm³/mol. The molecular formula is C22H33N5O7S. The van der Waals surface area contributed by atoms with E-state index in [1.807, 2.05) is 0 Å². The van der Waals surface area contributed by atoms with Gasteiger partial charge in [0, 0.05) is 12.2 Å². The fourth-order valence-corrected chi connectivity index (χ4v) is 3.33. The van der Waals surface area contributed by atoms with Gasteiger partial charge < -0.3 is 37.6 Å². The minimum Gasteiger partial charge on any atom is -0.508 e. The van der Waals surface area contributed by atoms with Gasteiger partial charge in [0.1, 0.15) is 23.9 Å². The van der Waals surface area contributed by atoms with E-state index < -0.39 is 60.2 Å². The number of amides is 4. The van der Waals surface area contributed by atoms with E-state index in [0.717, 1.165) is 0 Å². The first-order valence-electron chi connectivity index (χ1n) is 11.0. The number of hydrogen-bond donors (Lipinski definition) is 8. The maximum atomic E-state index is 13.0. The van der Waals surface area contributed by atoms with Crippen molar-refractivity contribution in [2.45, 2.75) is 57.3 Å². The Morgan fingerprint density at radius 2 is 1.51 bits per heavy atom. The number of carboxylic acid groups (broad SMARTS) is 1. The molecule has 0 fully saturated rings. The van der Waals surface area contributed by atoms with E-state index in [0.29, 0.717) is 12.0 Å². The third-order valence-electron chi connectivity index (χ3n) is 5.36. The molecule has 4 amide bonds. The van der Waals surface area contributed by atoms with Gasteiger partial charge in [-0.1, -0.05) is 32.4 Å². The summed E-state index contributed by atoms with van der Waals surface area (Å²) in [4.78, 5) is 60.8. The summed E-state index contributed by atoms with van der Waals surface area (Å²) in [5, 5.41) is 26.2. The second-order valence-corrected chi connectivity index (χ2v) is 8.53. The maximum Gasteiger partial charge on any atom is 0.326 e. The summed E-state index contributed by atoms with van der Waals surface area (Å²) >= 11 is 4.09. The number of nitrogens with two attached hydrogens (primary N) is 2. The lowest BCUT2D eigenvalue weighted by atomic mass is 9.99. The van der Waals surface area contributed by atoms with Gasteiger partial charge in [0.15, 0.2) is 0 Å². The molecule has 0 aliphatic carbocycles. The molecule has 1 rings (SSSR count). The monoisotopic (exact) mass is 511 g/mol. The Bertz CT molecular complexity index is 912. The number of phenols is 1. The smallest absolute Gasteiger partial charge is 0.326 e. The van der Waals surface area contributed by atoms with Gasteiger partial charge in [0.2, 0.25) is 23.6 Å². The number of nitrogens with one attached hydrogen (secondary N) is 3. The molecule has 1 aromatic rings. The number of thiol groups is 1. The molecule has 13 heteroatoms. The molecule has 5 unspecified atom stereocenters. The normalized spacial score (nSPS) is 15.1. The van der Waals surface area contributed by atoms with Gasteiger partial charge >= 0.3 is 5.97 Å². The molecule has 0 aromatic heterocycles. The topological polar surface area (TPSA) is 214 Å². The average molecular weight is 512 g/mol. The maximum absolute atomic E-state index is 13.0. The van der Waals surface area contributed by atoms with Crippen LogP contribution in [-0.4, -0.2) is 69.7 Å². The number of carbonyl (C=O) groups excluding carboxylic acids is 4. The van der Waals surface area contributed by atoms with Gasteiger partial charge in [-0.15, -0.1) is 0 Å². The number of hydrogen-bond acceptors (Lipinski definition) is 8. The first-order chi connectivity index (χ1) is 16.4. The van der Waals surface area contributed by atoms with Crippen molar-refractivity contribution in [1.29, 1.82) is 0 Å². The molecule has 1 aromatic carbocycles. The first-order valence-corrected chi connectivity index (χ1v) is 11.6. The summed E-state index contributed by atoms with van der Waals surface area (Å²) in [6.07, 6.45) is 0.0291. The molecule has 194 valence electrons. The SMILES string of the molecule is CCC(C)C(NC(=O)C(CS)NC(=O)C(Cc1ccc(O)cc1)NC(=O)C(N)CC(N)=O)C(=O)O. The fraction of sp³-hybridized carbons (Fsp3) is 0.500. The molecule has 0 spiro atoms. The van der Waals surface area contributed by atoms with E-state index in [1.54, 1.807) is 13.8 Å². The Hall–Kier alpha value is -3.32. The highest BCUT2D eigenvalue weighted by atomic mass is 32.1. The van der Waals surface area contributed by atoms with Crippen LogP contribution in [0.15, 0.2) is 24.3 Å². The third kappa shape index (κ3) is 9.83. The predicted octanol–water partition coefficient (Wildman–Crippen LogP) is -1.35. The molecular weight excluding hydrogens is 478 g/mol. The van der Waals surface area contributed by atoms with Crippen molar-refractivity contribution < 1.29 is 34.2 Å². The number of phenolic OH excluding ortho intramolecular Hbond substituents is 1. The van der Waals surface area contributed by atoms with Crippen LogP contribution in [-0.2, 0) is 30.4 Å². The fourth-order valence-electron chi connectivity index (χ4n) is 3.07. The molecule has 0 bridgehead atoms. The second kappa shape index (κ2) is 14.2. The zero-order valence-electron chi connectivity index (χ0n) is 19.6. The summed E-state index contributed by atoms with van der Waals surface area (Å²) in [5.74, 6) is -4.83. The highest BCUT2D eigenvalue weighted by molar-refractivity contribution is 7.80. The molecule has 9 N–H and O–H groups in total. The Labute approximate surface area is 208 Å². The summed E-state index contributed by atoms with van der Waals surface area (Å²) in [7, 11) is 0. The number of benzene rings is 1. The van der Waals surface area contributed by atoms with Crippen molar-refractivity contribution in [3.8, 4) is 5.75 Å². The Morgan fingerprint density at radius 1 is 0.971 bits per heavy atom. The zero-order valence-corrected chi connectivity index (χ0v) is 20.5. The van der Waals surface area contributed by atoms with E-state index in [1.165, 1.54) is 24.3 Å². The molecule has 0 heterocycles. The Kier molecular flexibility index (Phi) is 12.0. The van der Waals surface area contributed by atoms with Crippen molar-refractivity contribution in [3.63, 3.8) is 0 Å². The van der Waals surface area contributed by atoms with Gasteiger partial charge in [-0.25, -0.2) is 4.79 Å². The van der Waals surface area contributed by atoms with Crippen LogP contribution in [0.3, 0.4) is 0 Å². The standard InChI is InChI=1S/C22H33N5O7S/c1-3-11(2)18(22(33)34)27-21(32)16(10-35)26-20(31)15(8-12-4-6-13(28)7-5-12)25-19(30)14(23)9-17(24)29/h4-7,11,14-16,18,28,35H,3,8-10,23H2,1-2H3,(H2,24,29)(H,25,30)(H,26,31)(H,27,32)(H,33,34). The van der Waals surface area contributed by atoms with Crippen molar-refractivity contribution in [3.05, 3.63) is 29.8 Å². The lowest BCUT2D eigenvalue weighted by molar-refractivity contribution is -0.143. The van der Waals surface area contributed by atoms with E-state index in [2.05, 4.69) is 28.6 Å². The van der Waals surface area contributed by atoms with Crippen molar-refractivity contribution >= 4 is 42.2 Å². The summed E-state index contributed by atoms with van der Waals surface area (Å²) in [6.45, 7) is 3.45. The quantitative estimate of drug-likeness (QED) is 0.139. The molecule has 0 aliphatic rings. The van der Waals surface area contributed by atoms with E-state index in [4.69, 9.17) is 11.5 Å². The molecule has 12 nitrogen and oxygen atoms in total. The van der Waals surface area contributed by atoms with Crippen LogP contribution in [0.25, 0.3) is 0 Å². The molecule has 5 atom stereocenters. The number of aliphatic carboxylic acids is 1. The molecule has 35 heavy (non-hydrogen) atoms. The molecule has 0 aliphatic heterocycles. The third-order valence-corrected chi connectivity index (χ3v) is 5.72. The van der Waals surface area contributed by atoms with Crippen LogP contribution in [0, 0.1) is 5.92 Å². The Morgan fingerprint density at radius 3 is 2.00 bits per heavy atom. The minimum absolute atomic E-state index is 0.00312. The summed E-state index contributed by atoms with van der Waals surface area (Å²) < 4.78 is 0. The number of rotatable bonds is 14. The van der Waals surface area contributed by atoms with Gasteiger partial charge in [-0.05, 0) is 23.6 Å². The first kappa shape index (κ1) is 29.7. The lowest BCUT2D eigenvalue weighted by Crippen LogP contribution is -2.58. The second-order valence-electron chi connectivity index (χ2n) is 8.16. The highest BCUT2D eigenvalue weighted by Gasteiger charge is 2.31. The lowest BCUT2D eigenvalue weighted by Gasteiger charge is -2.26. The average Bonchev–Trinajstić information content (AvgIpc) is 2.80. The van der Waals surface area contributed by atoms with E-state index in [-0.39, 0.29) is 23.8 Å². The van der Waals surface area contributed by atoms with Gasteiger partial charge in [-0.2, -0.15) is 12.6 Å². The van der Waals surface area contributed by atoms with E-state index in [9.17, 15) is 34.2 Å². The molecule has 0 saturated heterocycles. The van der Waals surface area contributed by atoms with Gasteiger partial charge in [0.25, 0.3) is 0 Å². The van der Waals surface area contributed by atoms with Crippen LogP contribution in [0.5, 0.6) is 5.75 Å². The van der Waals surface area contributed by atoms with Crippen LogP contribution in [0.2, 0.25) is 0 Å².